The first-order valence-electron chi connectivity index (χ1n) is 7.81. The summed E-state index contributed by atoms with van der Waals surface area (Å²) < 4.78 is 10.3. The van der Waals surface area contributed by atoms with Gasteiger partial charge in [-0.25, -0.2) is 0 Å². The van der Waals surface area contributed by atoms with E-state index in [1.807, 2.05) is 6.92 Å². The summed E-state index contributed by atoms with van der Waals surface area (Å²) in [6.07, 6.45) is 5.31. The van der Waals surface area contributed by atoms with Crippen LogP contribution in [0.3, 0.4) is 0 Å². The van der Waals surface area contributed by atoms with Crippen LogP contribution in [0.5, 0.6) is 0 Å². The number of esters is 1. The van der Waals surface area contributed by atoms with Crippen molar-refractivity contribution in [1.29, 1.82) is 0 Å². The van der Waals surface area contributed by atoms with E-state index in [1.54, 1.807) is 0 Å². The molecule has 0 aromatic heterocycles. The summed E-state index contributed by atoms with van der Waals surface area (Å²) in [6, 6.07) is 0. The van der Waals surface area contributed by atoms with Crippen LogP contribution in [0.1, 0.15) is 51.9 Å². The Morgan fingerprint density at radius 2 is 1.86 bits per heavy atom. The second-order valence-electron chi connectivity index (χ2n) is 5.10. The number of ether oxygens (including phenoxy) is 2. The summed E-state index contributed by atoms with van der Waals surface area (Å²) >= 11 is 0. The minimum absolute atomic E-state index is 0.0774. The van der Waals surface area contributed by atoms with Crippen LogP contribution in [0.4, 0.5) is 0 Å². The largest absolute Gasteiger partial charge is 0.463 e. The Bertz CT molecular complexity index is 246. The first-order chi connectivity index (χ1) is 10.1. The number of carbonyl (C=O) groups excluding carboxylic acids is 1. The molecule has 21 heavy (non-hydrogen) atoms. The maximum Gasteiger partial charge on any atom is 0.305 e. The quantitative estimate of drug-likeness (QED) is 0.327. The zero-order valence-corrected chi connectivity index (χ0v) is 13.0. The van der Waals surface area contributed by atoms with E-state index in [0.717, 1.165) is 38.5 Å². The number of unbranched alkanes of at least 4 members (excludes halogenated alkanes) is 3. The molecule has 6 nitrogen and oxygen atoms in total. The van der Waals surface area contributed by atoms with Gasteiger partial charge in [0, 0.05) is 6.42 Å². The Labute approximate surface area is 127 Å². The lowest BCUT2D eigenvalue weighted by atomic mass is 10.1. The summed E-state index contributed by atoms with van der Waals surface area (Å²) in [5.41, 5.74) is 0. The Morgan fingerprint density at radius 3 is 2.48 bits per heavy atom. The van der Waals surface area contributed by atoms with Crippen LogP contribution in [0.25, 0.3) is 0 Å². The fraction of sp³-hybridized carbons (Fsp3) is 0.933. The molecular weight excluding hydrogens is 276 g/mol. The highest BCUT2D eigenvalue weighted by Crippen LogP contribution is 2.12. The van der Waals surface area contributed by atoms with E-state index in [4.69, 9.17) is 19.7 Å². The highest BCUT2D eigenvalue weighted by molar-refractivity contribution is 5.69. The fourth-order valence-electron chi connectivity index (χ4n) is 1.93. The van der Waals surface area contributed by atoms with Gasteiger partial charge in [0.25, 0.3) is 0 Å². The van der Waals surface area contributed by atoms with Crippen molar-refractivity contribution in [2.45, 2.75) is 64.1 Å². The van der Waals surface area contributed by atoms with E-state index >= 15 is 0 Å². The van der Waals surface area contributed by atoms with Gasteiger partial charge in [-0.15, -0.1) is 0 Å². The zero-order chi connectivity index (χ0) is 15.9. The molecule has 0 rings (SSSR count). The molecule has 2 atom stereocenters. The maximum absolute atomic E-state index is 11.2. The molecule has 0 aliphatic rings. The second kappa shape index (κ2) is 14.3. The van der Waals surface area contributed by atoms with Crippen molar-refractivity contribution in [3.05, 3.63) is 0 Å². The molecule has 0 amide bonds. The van der Waals surface area contributed by atoms with Gasteiger partial charge in [0.05, 0.1) is 25.9 Å². The van der Waals surface area contributed by atoms with Gasteiger partial charge in [-0.1, -0.05) is 26.2 Å². The summed E-state index contributed by atoms with van der Waals surface area (Å²) in [7, 11) is 0. The molecule has 0 aliphatic carbocycles. The highest BCUT2D eigenvalue weighted by Gasteiger charge is 2.10. The van der Waals surface area contributed by atoms with E-state index in [9.17, 15) is 9.90 Å². The van der Waals surface area contributed by atoms with E-state index in [-0.39, 0.29) is 38.5 Å². The predicted octanol–water partition coefficient (Wildman–Crippen LogP) is 1.01. The third kappa shape index (κ3) is 12.7. The van der Waals surface area contributed by atoms with Crippen molar-refractivity contribution in [3.63, 3.8) is 0 Å². The lowest BCUT2D eigenvalue weighted by Gasteiger charge is -2.17. The van der Waals surface area contributed by atoms with E-state index in [0.29, 0.717) is 6.42 Å². The van der Waals surface area contributed by atoms with E-state index in [2.05, 4.69) is 0 Å². The van der Waals surface area contributed by atoms with Gasteiger partial charge >= 0.3 is 5.97 Å². The van der Waals surface area contributed by atoms with Crippen LogP contribution in [-0.4, -0.2) is 59.9 Å². The van der Waals surface area contributed by atoms with Crippen LogP contribution in [0.2, 0.25) is 0 Å². The summed E-state index contributed by atoms with van der Waals surface area (Å²) in [5.74, 6) is -0.253. The molecule has 0 saturated heterocycles. The van der Waals surface area contributed by atoms with Gasteiger partial charge in [0.2, 0.25) is 0 Å². The topological polar surface area (TPSA) is 96.2 Å². The first-order valence-corrected chi connectivity index (χ1v) is 7.81. The number of aliphatic hydroxyl groups is 3. The van der Waals surface area contributed by atoms with E-state index in [1.165, 1.54) is 0 Å². The molecule has 0 spiro atoms. The normalized spacial score (nSPS) is 13.9. The minimum atomic E-state index is -0.802. The molecule has 0 saturated carbocycles. The SMILES string of the molecule is CCC(CCCCCCC(=O)OCCO)OCC(O)CO. The smallest absolute Gasteiger partial charge is 0.305 e. The van der Waals surface area contributed by atoms with Gasteiger partial charge in [0.15, 0.2) is 0 Å². The van der Waals surface area contributed by atoms with Crippen molar-refractivity contribution >= 4 is 5.97 Å². The molecule has 2 unspecified atom stereocenters. The maximum atomic E-state index is 11.2. The molecule has 126 valence electrons. The van der Waals surface area contributed by atoms with Crippen molar-refractivity contribution in [2.24, 2.45) is 0 Å². The molecule has 0 fully saturated rings. The Morgan fingerprint density at radius 1 is 1.14 bits per heavy atom. The fourth-order valence-corrected chi connectivity index (χ4v) is 1.93. The number of rotatable bonds is 14. The van der Waals surface area contributed by atoms with Gasteiger partial charge in [-0.2, -0.15) is 0 Å². The molecule has 0 radical (unpaired) electrons. The third-order valence-corrected chi connectivity index (χ3v) is 3.20. The van der Waals surface area contributed by atoms with Crippen LogP contribution in [0.15, 0.2) is 0 Å². The summed E-state index contributed by atoms with van der Waals surface area (Å²) in [4.78, 5) is 11.2. The lowest BCUT2D eigenvalue weighted by Crippen LogP contribution is -2.24. The second-order valence-corrected chi connectivity index (χ2v) is 5.10. The van der Waals surface area contributed by atoms with Crippen LogP contribution >= 0.6 is 0 Å². The summed E-state index contributed by atoms with van der Waals surface area (Å²) in [6.45, 7) is 1.88. The molecule has 0 bridgehead atoms. The van der Waals surface area contributed by atoms with E-state index < -0.39 is 6.10 Å². The average molecular weight is 306 g/mol. The van der Waals surface area contributed by atoms with Crippen molar-refractivity contribution < 1.29 is 29.6 Å². The molecular formula is C15H30O6. The van der Waals surface area contributed by atoms with Crippen LogP contribution in [0, 0.1) is 0 Å². The number of aliphatic hydroxyl groups excluding tert-OH is 3. The number of hydrogen-bond acceptors (Lipinski definition) is 6. The Hall–Kier alpha value is -0.690. The number of hydrogen-bond donors (Lipinski definition) is 3. The molecule has 6 heteroatoms. The summed E-state index contributed by atoms with van der Waals surface area (Å²) in [5, 5.41) is 26.4. The number of carbonyl (C=O) groups is 1. The van der Waals surface area contributed by atoms with Crippen LogP contribution in [-0.2, 0) is 14.3 Å². The highest BCUT2D eigenvalue weighted by atomic mass is 16.5. The molecule has 3 N–H and O–H groups in total. The van der Waals surface area contributed by atoms with Crippen molar-refractivity contribution in [1.82, 2.24) is 0 Å². The lowest BCUT2D eigenvalue weighted by molar-refractivity contribution is -0.144. The minimum Gasteiger partial charge on any atom is -0.463 e. The zero-order valence-electron chi connectivity index (χ0n) is 13.0. The van der Waals surface area contributed by atoms with Gasteiger partial charge in [0.1, 0.15) is 12.7 Å². The molecule has 0 aromatic rings. The predicted molar refractivity (Wildman–Crippen MR) is 78.9 cm³/mol. The Balaban J connectivity index is 3.48. The monoisotopic (exact) mass is 306 g/mol. The standard InChI is InChI=1S/C15H30O6/c1-2-14(21-12-13(18)11-17)7-5-3-4-6-8-15(19)20-10-9-16/h13-14,16-18H,2-12H2,1H3. The first kappa shape index (κ1) is 20.3. The molecule has 0 heterocycles. The molecule has 0 aromatic carbocycles. The van der Waals surface area contributed by atoms with Gasteiger partial charge < -0.3 is 24.8 Å². The van der Waals surface area contributed by atoms with Crippen molar-refractivity contribution in [3.8, 4) is 0 Å². The average Bonchev–Trinajstić information content (AvgIpc) is 2.50. The molecule has 0 aliphatic heterocycles. The Kier molecular flexibility index (Phi) is 13.8. The van der Waals surface area contributed by atoms with Gasteiger partial charge in [-0.05, 0) is 19.3 Å². The third-order valence-electron chi connectivity index (χ3n) is 3.20. The van der Waals surface area contributed by atoms with Gasteiger partial charge in [-0.3, -0.25) is 4.79 Å². The van der Waals surface area contributed by atoms with Crippen LogP contribution < -0.4 is 0 Å². The van der Waals surface area contributed by atoms with Crippen molar-refractivity contribution in [2.75, 3.05) is 26.4 Å².